The number of hydrogen-bond donors (Lipinski definition) is 0. The van der Waals surface area contributed by atoms with Crippen molar-refractivity contribution in [1.82, 2.24) is 4.90 Å². The highest BCUT2D eigenvalue weighted by molar-refractivity contribution is 14.1. The van der Waals surface area contributed by atoms with E-state index >= 15 is 0 Å². The molecule has 4 heteroatoms. The molecule has 1 aromatic rings. The fourth-order valence-corrected chi connectivity index (χ4v) is 3.27. The van der Waals surface area contributed by atoms with Crippen LogP contribution in [0.5, 0.6) is 0 Å². The van der Waals surface area contributed by atoms with E-state index in [1.807, 2.05) is 29.2 Å². The van der Waals surface area contributed by atoms with Crippen LogP contribution in [-0.2, 0) is 0 Å². The summed E-state index contributed by atoms with van der Waals surface area (Å²) < 4.78 is 1.16. The fourth-order valence-electron chi connectivity index (χ4n) is 2.48. The average molecular weight is 422 g/mol. The lowest BCUT2D eigenvalue weighted by Gasteiger charge is -2.25. The predicted octanol–water partition coefficient (Wildman–Crippen LogP) is 4.07. The monoisotopic (exact) mass is 421 g/mol. The minimum atomic E-state index is 0.182. The number of nitrogens with zero attached hydrogens (tertiary/aromatic N) is 1. The van der Waals surface area contributed by atoms with E-state index in [1.54, 1.807) is 0 Å². The smallest absolute Gasteiger partial charge is 0.254 e. The number of alkyl halides is 1. The first-order valence-electron chi connectivity index (χ1n) is 6.28. The van der Waals surface area contributed by atoms with Gasteiger partial charge in [0, 0.05) is 26.5 Å². The van der Waals surface area contributed by atoms with Crippen molar-refractivity contribution in [2.45, 2.75) is 37.1 Å². The Morgan fingerprint density at radius 1 is 1.50 bits per heavy atom. The van der Waals surface area contributed by atoms with Gasteiger partial charge in [-0.2, -0.15) is 0 Å². The van der Waals surface area contributed by atoms with Crippen molar-refractivity contribution in [3.8, 4) is 0 Å². The number of amides is 1. The normalized spacial score (nSPS) is 21.1. The molecule has 1 heterocycles. The van der Waals surface area contributed by atoms with Crippen molar-refractivity contribution in [1.29, 1.82) is 0 Å². The van der Waals surface area contributed by atoms with Gasteiger partial charge in [-0.25, -0.2) is 0 Å². The first-order valence-corrected chi connectivity index (χ1v) is 8.28. The van der Waals surface area contributed by atoms with Crippen molar-refractivity contribution in [2.24, 2.45) is 0 Å². The zero-order valence-corrected chi connectivity index (χ0v) is 14.1. The van der Waals surface area contributed by atoms with Crippen LogP contribution in [0.15, 0.2) is 24.3 Å². The van der Waals surface area contributed by atoms with Crippen LogP contribution in [0.2, 0.25) is 0 Å². The summed E-state index contributed by atoms with van der Waals surface area (Å²) in [5.74, 6) is 0.182. The van der Waals surface area contributed by atoms with E-state index in [2.05, 4.69) is 45.4 Å². The summed E-state index contributed by atoms with van der Waals surface area (Å²) in [6.07, 6.45) is 3.29. The maximum atomic E-state index is 12.5. The Morgan fingerprint density at radius 3 is 2.78 bits per heavy atom. The zero-order chi connectivity index (χ0) is 13.1. The number of rotatable bonds is 3. The molecular weight excluding hydrogens is 405 g/mol. The summed E-state index contributed by atoms with van der Waals surface area (Å²) in [4.78, 5) is 15.0. The molecule has 1 aliphatic heterocycles. The molecule has 1 fully saturated rings. The van der Waals surface area contributed by atoms with Crippen molar-refractivity contribution < 1.29 is 4.79 Å². The van der Waals surface area contributed by atoms with Gasteiger partial charge in [-0.05, 0) is 66.1 Å². The molecule has 2 rings (SSSR count). The Hall–Kier alpha value is -0.100. The van der Waals surface area contributed by atoms with Crippen LogP contribution in [0.3, 0.4) is 0 Å². The number of benzene rings is 1. The number of carbonyl (C=O) groups excluding carboxylic acids is 1. The van der Waals surface area contributed by atoms with Crippen molar-refractivity contribution in [3.05, 3.63) is 33.4 Å². The molecule has 1 saturated heterocycles. The third kappa shape index (κ3) is 3.47. The van der Waals surface area contributed by atoms with E-state index in [0.717, 1.165) is 34.9 Å². The van der Waals surface area contributed by atoms with Gasteiger partial charge in [0.1, 0.15) is 0 Å². The summed E-state index contributed by atoms with van der Waals surface area (Å²) in [6.45, 7) is 3.04. The molecule has 1 aliphatic rings. The third-order valence-electron chi connectivity index (χ3n) is 3.33. The van der Waals surface area contributed by atoms with Crippen molar-refractivity contribution in [3.63, 3.8) is 0 Å². The molecule has 0 spiro atoms. The molecule has 0 aliphatic carbocycles. The van der Waals surface area contributed by atoms with Crippen molar-refractivity contribution in [2.75, 3.05) is 6.54 Å². The molecule has 0 bridgehead atoms. The molecule has 2 nitrogen and oxygen atoms in total. The van der Waals surface area contributed by atoms with Gasteiger partial charge in [0.2, 0.25) is 0 Å². The summed E-state index contributed by atoms with van der Waals surface area (Å²) >= 11 is 5.85. The maximum absolute atomic E-state index is 12.5. The first kappa shape index (κ1) is 14.3. The average Bonchev–Trinajstić information content (AvgIpc) is 2.76. The van der Waals surface area contributed by atoms with Gasteiger partial charge in [-0.1, -0.05) is 22.9 Å². The van der Waals surface area contributed by atoms with E-state index in [-0.39, 0.29) is 5.91 Å². The van der Waals surface area contributed by atoms with Gasteiger partial charge < -0.3 is 4.90 Å². The minimum Gasteiger partial charge on any atom is -0.336 e. The van der Waals surface area contributed by atoms with Gasteiger partial charge >= 0.3 is 0 Å². The first-order chi connectivity index (χ1) is 8.58. The summed E-state index contributed by atoms with van der Waals surface area (Å²) in [7, 11) is 0. The molecular formula is C14H17BrINO. The van der Waals surface area contributed by atoms with Gasteiger partial charge in [-0.15, -0.1) is 0 Å². The second kappa shape index (κ2) is 6.37. The standard InChI is InChI=1S/C14H17BrINO/c1-10(15)9-13-3-2-8-17(13)14(18)11-4-6-12(16)7-5-11/h4-7,10,13H,2-3,8-9H2,1H3. The van der Waals surface area contributed by atoms with Crippen LogP contribution in [0.4, 0.5) is 0 Å². The SMILES string of the molecule is CC(Br)CC1CCCN1C(=O)c1ccc(I)cc1. The van der Waals surface area contributed by atoms with Gasteiger partial charge in [0.15, 0.2) is 0 Å². The van der Waals surface area contributed by atoms with E-state index in [9.17, 15) is 4.79 Å². The number of hydrogen-bond acceptors (Lipinski definition) is 1. The summed E-state index contributed by atoms with van der Waals surface area (Å²) in [6, 6.07) is 8.23. The Morgan fingerprint density at radius 2 is 2.17 bits per heavy atom. The number of likely N-dealkylation sites (tertiary alicyclic amines) is 1. The lowest BCUT2D eigenvalue weighted by molar-refractivity contribution is 0.0731. The Balaban J connectivity index is 2.10. The molecule has 0 aromatic heterocycles. The minimum absolute atomic E-state index is 0.182. The quantitative estimate of drug-likeness (QED) is 0.532. The molecule has 2 unspecified atom stereocenters. The lowest BCUT2D eigenvalue weighted by Crippen LogP contribution is -2.36. The Bertz CT molecular complexity index is 418. The van der Waals surface area contributed by atoms with Crippen LogP contribution in [0.1, 0.15) is 36.5 Å². The summed E-state index contributed by atoms with van der Waals surface area (Å²) in [5, 5.41) is 0. The van der Waals surface area contributed by atoms with Crippen LogP contribution in [-0.4, -0.2) is 28.2 Å². The molecule has 2 atom stereocenters. The highest BCUT2D eigenvalue weighted by Gasteiger charge is 2.29. The second-order valence-electron chi connectivity index (χ2n) is 4.82. The van der Waals surface area contributed by atoms with Crippen LogP contribution in [0, 0.1) is 3.57 Å². The van der Waals surface area contributed by atoms with E-state index in [4.69, 9.17) is 0 Å². The fraction of sp³-hybridized carbons (Fsp3) is 0.500. The molecule has 0 N–H and O–H groups in total. The van der Waals surface area contributed by atoms with Crippen LogP contribution >= 0.6 is 38.5 Å². The van der Waals surface area contributed by atoms with Crippen LogP contribution in [0.25, 0.3) is 0 Å². The topological polar surface area (TPSA) is 20.3 Å². The van der Waals surface area contributed by atoms with E-state index < -0.39 is 0 Å². The molecule has 18 heavy (non-hydrogen) atoms. The maximum Gasteiger partial charge on any atom is 0.254 e. The van der Waals surface area contributed by atoms with Crippen LogP contribution < -0.4 is 0 Å². The number of carbonyl (C=O) groups is 1. The van der Waals surface area contributed by atoms with Gasteiger partial charge in [-0.3, -0.25) is 4.79 Å². The second-order valence-corrected chi connectivity index (χ2v) is 7.63. The molecule has 0 radical (unpaired) electrons. The van der Waals surface area contributed by atoms with E-state index in [1.165, 1.54) is 0 Å². The van der Waals surface area contributed by atoms with Crippen molar-refractivity contribution >= 4 is 44.4 Å². The number of halogens is 2. The lowest BCUT2D eigenvalue weighted by atomic mass is 10.1. The van der Waals surface area contributed by atoms with E-state index in [0.29, 0.717) is 10.9 Å². The highest BCUT2D eigenvalue weighted by atomic mass is 127. The third-order valence-corrected chi connectivity index (χ3v) is 4.42. The zero-order valence-electron chi connectivity index (χ0n) is 10.4. The molecule has 1 amide bonds. The largest absolute Gasteiger partial charge is 0.336 e. The molecule has 1 aromatic carbocycles. The predicted molar refractivity (Wildman–Crippen MR) is 86.2 cm³/mol. The van der Waals surface area contributed by atoms with Gasteiger partial charge in [0.25, 0.3) is 5.91 Å². The Labute approximate surface area is 130 Å². The highest BCUT2D eigenvalue weighted by Crippen LogP contribution is 2.25. The molecule has 98 valence electrons. The summed E-state index contributed by atoms with van der Waals surface area (Å²) in [5.41, 5.74) is 0.810. The Kier molecular flexibility index (Phi) is 5.06. The van der Waals surface area contributed by atoms with Gasteiger partial charge in [0.05, 0.1) is 0 Å². The molecule has 0 saturated carbocycles.